The highest BCUT2D eigenvalue weighted by Gasteiger charge is 2.35. The van der Waals surface area contributed by atoms with Crippen molar-refractivity contribution in [3.05, 3.63) is 0 Å². The molecule has 1 N–H and O–H groups in total. The molecule has 2 aliphatic rings. The molecule has 0 saturated heterocycles. The first-order chi connectivity index (χ1) is 8.61. The van der Waals surface area contributed by atoms with Gasteiger partial charge in [-0.05, 0) is 68.7 Å². The van der Waals surface area contributed by atoms with Crippen molar-refractivity contribution in [2.45, 2.75) is 64.8 Å². The van der Waals surface area contributed by atoms with E-state index in [4.69, 9.17) is 4.74 Å². The van der Waals surface area contributed by atoms with Crippen molar-refractivity contribution < 1.29 is 4.74 Å². The van der Waals surface area contributed by atoms with Gasteiger partial charge in [-0.1, -0.05) is 13.8 Å². The maximum atomic E-state index is 5.21. The van der Waals surface area contributed by atoms with Crippen LogP contribution in [0, 0.1) is 17.3 Å². The maximum Gasteiger partial charge on any atom is 0.0462 e. The van der Waals surface area contributed by atoms with Gasteiger partial charge in [-0.3, -0.25) is 0 Å². The van der Waals surface area contributed by atoms with Gasteiger partial charge in [-0.25, -0.2) is 0 Å². The highest BCUT2D eigenvalue weighted by Crippen LogP contribution is 2.43. The third kappa shape index (κ3) is 4.55. The van der Waals surface area contributed by atoms with Crippen LogP contribution in [0.1, 0.15) is 58.8 Å². The van der Waals surface area contributed by atoms with Crippen molar-refractivity contribution >= 4 is 0 Å². The number of rotatable bonds is 7. The van der Waals surface area contributed by atoms with Crippen LogP contribution in [-0.4, -0.2) is 26.3 Å². The molecule has 0 bridgehead atoms. The van der Waals surface area contributed by atoms with Crippen LogP contribution in [0.4, 0.5) is 0 Å². The molecule has 2 saturated carbocycles. The molecular weight excluding hydrogens is 222 g/mol. The van der Waals surface area contributed by atoms with Gasteiger partial charge >= 0.3 is 0 Å². The van der Waals surface area contributed by atoms with Gasteiger partial charge in [0, 0.05) is 19.8 Å². The van der Waals surface area contributed by atoms with Crippen LogP contribution in [0.5, 0.6) is 0 Å². The number of hydrogen-bond acceptors (Lipinski definition) is 2. The normalized spacial score (nSPS) is 31.5. The SMILES string of the molecule is COCCCC1CC(C)(C)CCC1CNC1CC1. The van der Waals surface area contributed by atoms with E-state index in [0.717, 1.165) is 24.5 Å². The Morgan fingerprint density at radius 3 is 2.61 bits per heavy atom. The maximum absolute atomic E-state index is 5.21. The van der Waals surface area contributed by atoms with Crippen molar-refractivity contribution in [3.8, 4) is 0 Å². The van der Waals surface area contributed by atoms with E-state index in [1.54, 1.807) is 0 Å². The molecule has 0 radical (unpaired) electrons. The van der Waals surface area contributed by atoms with Gasteiger partial charge in [-0.15, -0.1) is 0 Å². The minimum atomic E-state index is 0.563. The molecule has 0 aliphatic heterocycles. The third-order valence-corrected chi connectivity index (χ3v) is 4.84. The van der Waals surface area contributed by atoms with Gasteiger partial charge in [-0.2, -0.15) is 0 Å². The number of ether oxygens (including phenoxy) is 1. The van der Waals surface area contributed by atoms with E-state index < -0.39 is 0 Å². The van der Waals surface area contributed by atoms with Gasteiger partial charge in [0.05, 0.1) is 0 Å². The lowest BCUT2D eigenvalue weighted by atomic mass is 9.66. The van der Waals surface area contributed by atoms with Crippen LogP contribution in [0.25, 0.3) is 0 Å². The van der Waals surface area contributed by atoms with Gasteiger partial charge in [0.25, 0.3) is 0 Å². The Hall–Kier alpha value is -0.0800. The van der Waals surface area contributed by atoms with Gasteiger partial charge in [0.2, 0.25) is 0 Å². The molecule has 2 nitrogen and oxygen atoms in total. The Kier molecular flexibility index (Phi) is 5.08. The molecule has 2 unspecified atom stereocenters. The molecule has 0 aromatic rings. The smallest absolute Gasteiger partial charge is 0.0462 e. The predicted molar refractivity (Wildman–Crippen MR) is 76.7 cm³/mol. The lowest BCUT2D eigenvalue weighted by molar-refractivity contribution is 0.0981. The zero-order chi connectivity index (χ0) is 13.0. The molecule has 2 fully saturated rings. The van der Waals surface area contributed by atoms with Gasteiger partial charge < -0.3 is 10.1 Å². The molecule has 2 atom stereocenters. The van der Waals surface area contributed by atoms with Crippen molar-refractivity contribution in [1.29, 1.82) is 0 Å². The molecule has 2 rings (SSSR count). The van der Waals surface area contributed by atoms with E-state index in [9.17, 15) is 0 Å². The summed E-state index contributed by atoms with van der Waals surface area (Å²) in [5.41, 5.74) is 0.563. The Balaban J connectivity index is 1.79. The minimum absolute atomic E-state index is 0.563. The van der Waals surface area contributed by atoms with E-state index >= 15 is 0 Å². The molecule has 0 aromatic heterocycles. The summed E-state index contributed by atoms with van der Waals surface area (Å²) in [6.45, 7) is 7.08. The third-order valence-electron chi connectivity index (χ3n) is 4.84. The summed E-state index contributed by atoms with van der Waals surface area (Å²) in [4.78, 5) is 0. The summed E-state index contributed by atoms with van der Waals surface area (Å²) in [7, 11) is 1.82. The highest BCUT2D eigenvalue weighted by molar-refractivity contribution is 4.88. The van der Waals surface area contributed by atoms with E-state index in [1.807, 2.05) is 7.11 Å². The van der Waals surface area contributed by atoms with Crippen LogP contribution >= 0.6 is 0 Å². The summed E-state index contributed by atoms with van der Waals surface area (Å²) in [5.74, 6) is 1.82. The molecule has 2 heteroatoms. The first-order valence-electron chi connectivity index (χ1n) is 7.83. The highest BCUT2D eigenvalue weighted by atomic mass is 16.5. The van der Waals surface area contributed by atoms with Crippen molar-refractivity contribution in [2.75, 3.05) is 20.3 Å². The van der Waals surface area contributed by atoms with Crippen molar-refractivity contribution in [2.24, 2.45) is 17.3 Å². The van der Waals surface area contributed by atoms with E-state index in [-0.39, 0.29) is 0 Å². The molecule has 18 heavy (non-hydrogen) atoms. The van der Waals surface area contributed by atoms with Crippen LogP contribution in [0.15, 0.2) is 0 Å². The van der Waals surface area contributed by atoms with Gasteiger partial charge in [0.1, 0.15) is 0 Å². The fourth-order valence-corrected chi connectivity index (χ4v) is 3.49. The predicted octanol–water partition coefficient (Wildman–Crippen LogP) is 3.61. The topological polar surface area (TPSA) is 21.3 Å². The number of methoxy groups -OCH3 is 1. The second-order valence-electron chi connectivity index (χ2n) is 7.24. The van der Waals surface area contributed by atoms with Crippen LogP contribution in [0.2, 0.25) is 0 Å². The molecular formula is C16H31NO. The first kappa shape index (κ1) is 14.3. The largest absolute Gasteiger partial charge is 0.385 e. The Bertz CT molecular complexity index is 245. The molecule has 2 aliphatic carbocycles. The Morgan fingerprint density at radius 2 is 1.94 bits per heavy atom. The van der Waals surface area contributed by atoms with E-state index in [0.29, 0.717) is 5.41 Å². The lowest BCUT2D eigenvalue weighted by Crippen LogP contribution is -2.36. The van der Waals surface area contributed by atoms with Crippen LogP contribution in [-0.2, 0) is 4.74 Å². The minimum Gasteiger partial charge on any atom is -0.385 e. The zero-order valence-corrected chi connectivity index (χ0v) is 12.5. The summed E-state index contributed by atoms with van der Waals surface area (Å²) >= 11 is 0. The Labute approximate surface area is 113 Å². The van der Waals surface area contributed by atoms with E-state index in [2.05, 4.69) is 19.2 Å². The fourth-order valence-electron chi connectivity index (χ4n) is 3.49. The van der Waals surface area contributed by atoms with Crippen LogP contribution in [0.3, 0.4) is 0 Å². The molecule has 0 spiro atoms. The Morgan fingerprint density at radius 1 is 1.17 bits per heavy atom. The van der Waals surface area contributed by atoms with E-state index in [1.165, 1.54) is 51.5 Å². The number of hydrogen-bond donors (Lipinski definition) is 1. The standard InChI is InChI=1S/C16H31NO/c1-16(2)9-8-14(12-17-15-6-7-15)13(11-16)5-4-10-18-3/h13-15,17H,4-12H2,1-3H3. The molecule has 106 valence electrons. The second-order valence-corrected chi connectivity index (χ2v) is 7.24. The summed E-state index contributed by atoms with van der Waals surface area (Å²) < 4.78 is 5.21. The molecule has 0 amide bonds. The number of nitrogens with one attached hydrogen (secondary N) is 1. The summed E-state index contributed by atoms with van der Waals surface area (Å²) in [6.07, 6.45) is 9.65. The molecule has 0 aromatic carbocycles. The first-order valence-corrected chi connectivity index (χ1v) is 7.83. The summed E-state index contributed by atoms with van der Waals surface area (Å²) in [6, 6.07) is 0.861. The lowest BCUT2D eigenvalue weighted by Gasteiger charge is -2.41. The fraction of sp³-hybridized carbons (Fsp3) is 1.00. The van der Waals surface area contributed by atoms with Gasteiger partial charge in [0.15, 0.2) is 0 Å². The summed E-state index contributed by atoms with van der Waals surface area (Å²) in [5, 5.41) is 3.74. The zero-order valence-electron chi connectivity index (χ0n) is 12.5. The average molecular weight is 253 g/mol. The molecule has 0 heterocycles. The van der Waals surface area contributed by atoms with Crippen molar-refractivity contribution in [3.63, 3.8) is 0 Å². The quantitative estimate of drug-likeness (QED) is 0.700. The average Bonchev–Trinajstić information content (AvgIpc) is 3.11. The monoisotopic (exact) mass is 253 g/mol. The van der Waals surface area contributed by atoms with Crippen LogP contribution < -0.4 is 5.32 Å². The second kappa shape index (κ2) is 6.38. The van der Waals surface area contributed by atoms with Crippen molar-refractivity contribution in [1.82, 2.24) is 5.32 Å².